The second-order valence-electron chi connectivity index (χ2n) is 7.81. The SMILES string of the molecule is Cc1ccc(NC(=O)[C@H]2CCCN2C(=O)CC(C)(C)C)cc1C(=O)O. The summed E-state index contributed by atoms with van der Waals surface area (Å²) in [5.74, 6) is -1.31. The number of likely N-dealkylation sites (tertiary alicyclic amines) is 1. The standard InChI is InChI=1S/C19H26N2O4/c1-12-7-8-13(10-14(12)18(24)25)20-17(23)15-6-5-9-21(15)16(22)11-19(2,3)4/h7-8,10,15H,5-6,9,11H2,1-4H3,(H,20,23)(H,24,25)/t15-/m1/s1. The van der Waals surface area contributed by atoms with Crippen molar-refractivity contribution in [3.63, 3.8) is 0 Å². The van der Waals surface area contributed by atoms with E-state index in [0.717, 1.165) is 6.42 Å². The minimum Gasteiger partial charge on any atom is -0.478 e. The van der Waals surface area contributed by atoms with Crippen LogP contribution < -0.4 is 5.32 Å². The summed E-state index contributed by atoms with van der Waals surface area (Å²) in [4.78, 5) is 38.0. The zero-order chi connectivity index (χ0) is 18.8. The zero-order valence-electron chi connectivity index (χ0n) is 15.3. The maximum absolute atomic E-state index is 12.6. The van der Waals surface area contributed by atoms with Gasteiger partial charge in [-0.25, -0.2) is 4.79 Å². The normalized spacial score (nSPS) is 17.4. The van der Waals surface area contributed by atoms with Crippen LogP contribution in [-0.2, 0) is 9.59 Å². The smallest absolute Gasteiger partial charge is 0.336 e. The fraction of sp³-hybridized carbons (Fsp3) is 0.526. The number of aromatic carboxylic acids is 1. The largest absolute Gasteiger partial charge is 0.478 e. The Labute approximate surface area is 148 Å². The van der Waals surface area contributed by atoms with Crippen molar-refractivity contribution in [3.8, 4) is 0 Å². The first-order valence-corrected chi connectivity index (χ1v) is 8.53. The van der Waals surface area contributed by atoms with Crippen molar-refractivity contribution in [2.45, 2.75) is 53.0 Å². The van der Waals surface area contributed by atoms with Gasteiger partial charge >= 0.3 is 5.97 Å². The summed E-state index contributed by atoms with van der Waals surface area (Å²) in [6.45, 7) is 8.28. The van der Waals surface area contributed by atoms with Gasteiger partial charge in [0.25, 0.3) is 0 Å². The van der Waals surface area contributed by atoms with Crippen LogP contribution in [-0.4, -0.2) is 40.4 Å². The number of hydrogen-bond acceptors (Lipinski definition) is 3. The topological polar surface area (TPSA) is 86.7 Å². The minimum atomic E-state index is -1.03. The number of rotatable bonds is 4. The van der Waals surface area contributed by atoms with Crippen molar-refractivity contribution >= 4 is 23.5 Å². The lowest BCUT2D eigenvalue weighted by atomic mass is 9.91. The molecule has 1 aliphatic heterocycles. The van der Waals surface area contributed by atoms with Crippen LogP contribution in [0.2, 0.25) is 0 Å². The highest BCUT2D eigenvalue weighted by molar-refractivity contribution is 5.99. The summed E-state index contributed by atoms with van der Waals surface area (Å²) < 4.78 is 0. The van der Waals surface area contributed by atoms with Gasteiger partial charge < -0.3 is 15.3 Å². The van der Waals surface area contributed by atoms with Crippen LogP contribution in [0.25, 0.3) is 0 Å². The average Bonchev–Trinajstić information content (AvgIpc) is 2.97. The van der Waals surface area contributed by atoms with Gasteiger partial charge in [0.15, 0.2) is 0 Å². The second-order valence-corrected chi connectivity index (χ2v) is 7.81. The lowest BCUT2D eigenvalue weighted by molar-refractivity contribution is -0.138. The van der Waals surface area contributed by atoms with Gasteiger partial charge in [0.05, 0.1) is 5.56 Å². The van der Waals surface area contributed by atoms with Crippen molar-refractivity contribution in [3.05, 3.63) is 29.3 Å². The molecule has 6 nitrogen and oxygen atoms in total. The summed E-state index contributed by atoms with van der Waals surface area (Å²) in [5.41, 5.74) is 1.09. The van der Waals surface area contributed by atoms with Crippen LogP contribution >= 0.6 is 0 Å². The fourth-order valence-electron chi connectivity index (χ4n) is 3.05. The summed E-state index contributed by atoms with van der Waals surface area (Å²) >= 11 is 0. The molecule has 136 valence electrons. The molecule has 1 aliphatic rings. The van der Waals surface area contributed by atoms with Gasteiger partial charge in [0.2, 0.25) is 11.8 Å². The maximum Gasteiger partial charge on any atom is 0.336 e. The molecule has 1 heterocycles. The van der Waals surface area contributed by atoms with Crippen LogP contribution in [0.15, 0.2) is 18.2 Å². The Morgan fingerprint density at radius 2 is 1.96 bits per heavy atom. The number of nitrogens with zero attached hydrogens (tertiary/aromatic N) is 1. The summed E-state index contributed by atoms with van der Waals surface area (Å²) in [6, 6.07) is 4.29. The Morgan fingerprint density at radius 3 is 2.56 bits per heavy atom. The third-order valence-electron chi connectivity index (χ3n) is 4.29. The molecular weight excluding hydrogens is 320 g/mol. The Morgan fingerprint density at radius 1 is 1.28 bits per heavy atom. The number of aryl methyl sites for hydroxylation is 1. The third-order valence-corrected chi connectivity index (χ3v) is 4.29. The molecule has 1 aromatic rings. The molecule has 0 aromatic heterocycles. The first-order chi connectivity index (χ1) is 11.6. The van der Waals surface area contributed by atoms with E-state index in [9.17, 15) is 19.5 Å². The van der Waals surface area contributed by atoms with Crippen molar-refractivity contribution < 1.29 is 19.5 Å². The predicted molar refractivity (Wildman–Crippen MR) is 95.6 cm³/mol. The minimum absolute atomic E-state index is 0.0136. The highest BCUT2D eigenvalue weighted by Crippen LogP contribution is 2.26. The van der Waals surface area contributed by atoms with Crippen molar-refractivity contribution in [2.24, 2.45) is 5.41 Å². The number of carbonyl (C=O) groups is 3. The molecule has 6 heteroatoms. The van der Waals surface area contributed by atoms with Crippen LogP contribution in [0.4, 0.5) is 5.69 Å². The van der Waals surface area contributed by atoms with Gasteiger partial charge in [0.1, 0.15) is 6.04 Å². The molecule has 2 amide bonds. The Kier molecular flexibility index (Phi) is 5.50. The van der Waals surface area contributed by atoms with Crippen LogP contribution in [0.1, 0.15) is 56.0 Å². The molecule has 1 saturated heterocycles. The number of benzene rings is 1. The lowest BCUT2D eigenvalue weighted by Gasteiger charge is -2.27. The first-order valence-electron chi connectivity index (χ1n) is 8.53. The Hall–Kier alpha value is -2.37. The van der Waals surface area contributed by atoms with E-state index < -0.39 is 12.0 Å². The quantitative estimate of drug-likeness (QED) is 0.877. The Bertz CT molecular complexity index is 691. The van der Waals surface area contributed by atoms with Gasteiger partial charge in [0, 0.05) is 18.7 Å². The molecule has 0 radical (unpaired) electrons. The molecule has 0 aliphatic carbocycles. The number of carbonyl (C=O) groups excluding carboxylic acids is 2. The van der Waals surface area contributed by atoms with E-state index in [1.165, 1.54) is 6.07 Å². The van der Waals surface area contributed by atoms with Gasteiger partial charge in [-0.1, -0.05) is 26.8 Å². The van der Waals surface area contributed by atoms with E-state index in [-0.39, 0.29) is 22.8 Å². The number of carboxylic acids is 1. The van der Waals surface area contributed by atoms with Crippen molar-refractivity contribution in [2.75, 3.05) is 11.9 Å². The number of carboxylic acid groups (broad SMARTS) is 1. The summed E-state index contributed by atoms with van der Waals surface area (Å²) in [5, 5.41) is 12.0. The first kappa shape index (κ1) is 19.0. The van der Waals surface area contributed by atoms with E-state index >= 15 is 0 Å². The van der Waals surface area contributed by atoms with Gasteiger partial charge in [-0.2, -0.15) is 0 Å². The number of amides is 2. The third kappa shape index (κ3) is 4.81. The molecule has 1 atom stereocenters. The van der Waals surface area contributed by atoms with Gasteiger partial charge in [-0.3, -0.25) is 9.59 Å². The van der Waals surface area contributed by atoms with E-state index in [4.69, 9.17) is 0 Å². The van der Waals surface area contributed by atoms with Crippen molar-refractivity contribution in [1.82, 2.24) is 4.90 Å². The molecule has 2 N–H and O–H groups in total. The molecule has 1 aromatic carbocycles. The van der Waals surface area contributed by atoms with Gasteiger partial charge in [-0.15, -0.1) is 0 Å². The molecule has 0 spiro atoms. The summed E-state index contributed by atoms with van der Waals surface area (Å²) in [7, 11) is 0. The summed E-state index contributed by atoms with van der Waals surface area (Å²) in [6.07, 6.45) is 1.81. The molecule has 1 fully saturated rings. The molecule has 2 rings (SSSR count). The predicted octanol–water partition coefficient (Wildman–Crippen LogP) is 3.06. The fourth-order valence-corrected chi connectivity index (χ4v) is 3.05. The molecule has 25 heavy (non-hydrogen) atoms. The van der Waals surface area contributed by atoms with E-state index in [0.29, 0.717) is 30.6 Å². The van der Waals surface area contributed by atoms with Crippen molar-refractivity contribution in [1.29, 1.82) is 0 Å². The monoisotopic (exact) mass is 346 g/mol. The Balaban J connectivity index is 2.11. The second kappa shape index (κ2) is 7.25. The zero-order valence-corrected chi connectivity index (χ0v) is 15.3. The number of anilines is 1. The highest BCUT2D eigenvalue weighted by Gasteiger charge is 2.35. The van der Waals surface area contributed by atoms with Crippen LogP contribution in [0, 0.1) is 12.3 Å². The van der Waals surface area contributed by atoms with Crippen LogP contribution in [0.5, 0.6) is 0 Å². The molecule has 0 unspecified atom stereocenters. The number of hydrogen-bond donors (Lipinski definition) is 2. The number of nitrogens with one attached hydrogen (secondary N) is 1. The molecule has 0 saturated carbocycles. The lowest BCUT2D eigenvalue weighted by Crippen LogP contribution is -2.44. The van der Waals surface area contributed by atoms with Gasteiger partial charge in [-0.05, 0) is 42.9 Å². The van der Waals surface area contributed by atoms with E-state index in [1.807, 2.05) is 20.8 Å². The van der Waals surface area contributed by atoms with Crippen LogP contribution in [0.3, 0.4) is 0 Å². The highest BCUT2D eigenvalue weighted by atomic mass is 16.4. The average molecular weight is 346 g/mol. The maximum atomic E-state index is 12.6. The van der Waals surface area contributed by atoms with E-state index in [2.05, 4.69) is 5.32 Å². The van der Waals surface area contributed by atoms with E-state index in [1.54, 1.807) is 24.0 Å². The molecular formula is C19H26N2O4. The molecule has 0 bridgehead atoms.